The Morgan fingerprint density at radius 2 is 2.40 bits per heavy atom. The number of hydrogen-bond donors (Lipinski definition) is 0. The van der Waals surface area contributed by atoms with Gasteiger partial charge in [-0.2, -0.15) is 0 Å². The third-order valence-corrected chi connectivity index (χ3v) is 1.20. The number of halogens is 1. The Morgan fingerprint density at radius 1 is 1.70 bits per heavy atom. The van der Waals surface area contributed by atoms with Gasteiger partial charge in [0.1, 0.15) is 0 Å². The van der Waals surface area contributed by atoms with E-state index in [2.05, 4.69) is 14.6 Å². The van der Waals surface area contributed by atoms with Crippen LogP contribution in [0.25, 0.3) is 0 Å². The van der Waals surface area contributed by atoms with E-state index in [1.54, 1.807) is 0 Å². The molecule has 0 rings (SSSR count). The Labute approximate surface area is 74.5 Å². The van der Waals surface area contributed by atoms with E-state index in [-0.39, 0.29) is 5.97 Å². The zero-order valence-electron chi connectivity index (χ0n) is 5.82. The largest absolute Gasteiger partial charge is 0.466 e. The van der Waals surface area contributed by atoms with Crippen molar-refractivity contribution in [2.75, 3.05) is 6.61 Å². The minimum absolute atomic E-state index is 0.220. The molecule has 0 radical (unpaired) electrons. The SMILES string of the molecule is CC(=O)OCCCC#CI. The number of carbonyl (C=O) groups excluding carboxylic acids is 1. The molecule has 0 atom stereocenters. The summed E-state index contributed by atoms with van der Waals surface area (Å²) in [5, 5.41) is 0. The fourth-order valence-corrected chi connectivity index (χ4v) is 0.693. The van der Waals surface area contributed by atoms with Gasteiger partial charge >= 0.3 is 5.97 Å². The van der Waals surface area contributed by atoms with Crippen molar-refractivity contribution in [3.05, 3.63) is 0 Å². The van der Waals surface area contributed by atoms with Gasteiger partial charge < -0.3 is 4.74 Å². The maximum Gasteiger partial charge on any atom is 0.302 e. The number of carbonyl (C=O) groups is 1. The predicted molar refractivity (Wildman–Crippen MR) is 47.7 cm³/mol. The molecule has 0 spiro atoms. The summed E-state index contributed by atoms with van der Waals surface area (Å²) < 4.78 is 7.41. The summed E-state index contributed by atoms with van der Waals surface area (Å²) in [6.07, 6.45) is 1.63. The Hall–Kier alpha value is -0.240. The molecule has 0 unspecified atom stereocenters. The average Bonchev–Trinajstić information content (AvgIpc) is 1.87. The van der Waals surface area contributed by atoms with Gasteiger partial charge in [0.25, 0.3) is 0 Å². The van der Waals surface area contributed by atoms with Gasteiger partial charge in [0.05, 0.1) is 6.61 Å². The third kappa shape index (κ3) is 7.76. The van der Waals surface area contributed by atoms with Crippen LogP contribution in [-0.4, -0.2) is 12.6 Å². The second-order valence-electron chi connectivity index (χ2n) is 1.71. The first-order chi connectivity index (χ1) is 4.77. The van der Waals surface area contributed by atoms with Crippen LogP contribution < -0.4 is 0 Å². The van der Waals surface area contributed by atoms with E-state index in [0.29, 0.717) is 6.61 Å². The van der Waals surface area contributed by atoms with E-state index in [9.17, 15) is 4.79 Å². The first-order valence-electron chi connectivity index (χ1n) is 2.99. The van der Waals surface area contributed by atoms with E-state index < -0.39 is 0 Å². The molecular formula is C7H9IO2. The van der Waals surface area contributed by atoms with Crippen LogP contribution in [0.15, 0.2) is 0 Å². The van der Waals surface area contributed by atoms with Crippen molar-refractivity contribution in [2.24, 2.45) is 0 Å². The lowest BCUT2D eigenvalue weighted by Gasteiger charge is -1.96. The second-order valence-corrected chi connectivity index (χ2v) is 2.25. The van der Waals surface area contributed by atoms with Crippen LogP contribution in [0.1, 0.15) is 19.8 Å². The average molecular weight is 252 g/mol. The fourth-order valence-electron chi connectivity index (χ4n) is 0.424. The van der Waals surface area contributed by atoms with Gasteiger partial charge in [-0.1, -0.05) is 5.92 Å². The van der Waals surface area contributed by atoms with Gasteiger partial charge in [0.15, 0.2) is 0 Å². The zero-order chi connectivity index (χ0) is 7.82. The van der Waals surface area contributed by atoms with Crippen molar-refractivity contribution >= 4 is 28.6 Å². The van der Waals surface area contributed by atoms with Crippen molar-refractivity contribution < 1.29 is 9.53 Å². The van der Waals surface area contributed by atoms with E-state index in [4.69, 9.17) is 0 Å². The normalized spacial score (nSPS) is 7.80. The first-order valence-corrected chi connectivity index (χ1v) is 4.07. The molecule has 0 aliphatic rings. The third-order valence-electron chi connectivity index (χ3n) is 0.818. The molecule has 0 fully saturated rings. The van der Waals surface area contributed by atoms with E-state index in [1.807, 2.05) is 22.6 Å². The molecule has 0 saturated heterocycles. The van der Waals surface area contributed by atoms with Crippen LogP contribution >= 0.6 is 22.6 Å². The smallest absolute Gasteiger partial charge is 0.302 e. The van der Waals surface area contributed by atoms with Crippen molar-refractivity contribution in [3.63, 3.8) is 0 Å². The molecular weight excluding hydrogens is 243 g/mol. The summed E-state index contributed by atoms with van der Waals surface area (Å²) in [7, 11) is 0. The Kier molecular flexibility index (Phi) is 6.71. The van der Waals surface area contributed by atoms with Crippen molar-refractivity contribution in [3.8, 4) is 9.85 Å². The Morgan fingerprint density at radius 3 is 2.90 bits per heavy atom. The summed E-state index contributed by atoms with van der Waals surface area (Å²) in [6.45, 7) is 1.89. The summed E-state index contributed by atoms with van der Waals surface area (Å²) in [5.41, 5.74) is 0. The van der Waals surface area contributed by atoms with Gasteiger partial charge in [0, 0.05) is 35.9 Å². The molecule has 0 aliphatic heterocycles. The molecule has 10 heavy (non-hydrogen) atoms. The van der Waals surface area contributed by atoms with Crippen molar-refractivity contribution in [1.29, 1.82) is 0 Å². The highest BCUT2D eigenvalue weighted by molar-refractivity contribution is 14.1. The van der Waals surface area contributed by atoms with Gasteiger partial charge in [-0.15, -0.1) is 0 Å². The lowest BCUT2D eigenvalue weighted by molar-refractivity contribution is -0.141. The number of ether oxygens (including phenoxy) is 1. The Bertz CT molecular complexity index is 155. The monoisotopic (exact) mass is 252 g/mol. The molecule has 0 bridgehead atoms. The maximum atomic E-state index is 10.2. The van der Waals surface area contributed by atoms with E-state index >= 15 is 0 Å². The van der Waals surface area contributed by atoms with Gasteiger partial charge in [-0.25, -0.2) is 0 Å². The van der Waals surface area contributed by atoms with Crippen molar-refractivity contribution in [2.45, 2.75) is 19.8 Å². The molecule has 0 heterocycles. The van der Waals surface area contributed by atoms with Gasteiger partial charge in [0.2, 0.25) is 0 Å². The van der Waals surface area contributed by atoms with Crippen LogP contribution in [0.5, 0.6) is 0 Å². The number of esters is 1. The minimum atomic E-state index is -0.220. The second kappa shape index (κ2) is 6.87. The fraction of sp³-hybridized carbons (Fsp3) is 0.571. The lowest BCUT2D eigenvalue weighted by Crippen LogP contribution is -1.99. The van der Waals surface area contributed by atoms with Gasteiger partial charge in [-0.3, -0.25) is 4.79 Å². The van der Waals surface area contributed by atoms with Crippen LogP contribution in [-0.2, 0) is 9.53 Å². The molecule has 0 aromatic rings. The molecule has 56 valence electrons. The summed E-state index contributed by atoms with van der Waals surface area (Å²) in [6, 6.07) is 0. The minimum Gasteiger partial charge on any atom is -0.466 e. The Balaban J connectivity index is 3.03. The highest BCUT2D eigenvalue weighted by atomic mass is 127. The van der Waals surface area contributed by atoms with Gasteiger partial charge in [-0.05, 0) is 10.3 Å². The molecule has 0 saturated carbocycles. The van der Waals surface area contributed by atoms with Crippen molar-refractivity contribution in [1.82, 2.24) is 0 Å². The van der Waals surface area contributed by atoms with Crippen LogP contribution in [0.3, 0.4) is 0 Å². The zero-order valence-corrected chi connectivity index (χ0v) is 7.97. The van der Waals surface area contributed by atoms with Crippen LogP contribution in [0.4, 0.5) is 0 Å². The molecule has 3 heteroatoms. The number of hydrogen-bond acceptors (Lipinski definition) is 2. The lowest BCUT2D eigenvalue weighted by atomic mass is 10.3. The molecule has 0 amide bonds. The molecule has 0 aromatic carbocycles. The first kappa shape index (κ1) is 9.76. The van der Waals surface area contributed by atoms with Crippen LogP contribution in [0, 0.1) is 9.85 Å². The van der Waals surface area contributed by atoms with Crippen LogP contribution in [0.2, 0.25) is 0 Å². The molecule has 2 nitrogen and oxygen atoms in total. The number of rotatable bonds is 3. The highest BCUT2D eigenvalue weighted by Crippen LogP contribution is 1.89. The summed E-state index contributed by atoms with van der Waals surface area (Å²) in [4.78, 5) is 10.2. The standard InChI is InChI=1S/C7H9IO2/c1-7(9)10-6-4-2-3-5-8/h2,4,6H2,1H3. The summed E-state index contributed by atoms with van der Waals surface area (Å²) >= 11 is 1.98. The van der Waals surface area contributed by atoms with E-state index in [1.165, 1.54) is 6.92 Å². The maximum absolute atomic E-state index is 10.2. The molecule has 0 N–H and O–H groups in total. The highest BCUT2D eigenvalue weighted by Gasteiger charge is 1.89. The topological polar surface area (TPSA) is 26.3 Å². The molecule has 0 aliphatic carbocycles. The number of unbranched alkanes of at least 4 members (excludes halogenated alkanes) is 1. The predicted octanol–water partition coefficient (Wildman–Crippen LogP) is 1.73. The quantitative estimate of drug-likeness (QED) is 0.331. The van der Waals surface area contributed by atoms with E-state index in [0.717, 1.165) is 12.8 Å². The summed E-state index contributed by atoms with van der Waals surface area (Å²) in [5.74, 6) is 2.65. The molecule has 0 aromatic heterocycles.